The van der Waals surface area contributed by atoms with E-state index in [4.69, 9.17) is 4.74 Å². The minimum Gasteiger partial charge on any atom is -0.497 e. The number of para-hydroxylation sites is 1. The summed E-state index contributed by atoms with van der Waals surface area (Å²) in [4.78, 5) is 4.55. The summed E-state index contributed by atoms with van der Waals surface area (Å²) in [5, 5.41) is 4.37. The van der Waals surface area contributed by atoms with E-state index in [2.05, 4.69) is 46.7 Å². The minimum absolute atomic E-state index is 0.787. The van der Waals surface area contributed by atoms with Gasteiger partial charge in [-0.25, -0.2) is 0 Å². The smallest absolute Gasteiger partial charge is 0.119 e. The Morgan fingerprint density at radius 1 is 1.05 bits per heavy atom. The van der Waals surface area contributed by atoms with Gasteiger partial charge in [0, 0.05) is 23.7 Å². The van der Waals surface area contributed by atoms with Gasteiger partial charge >= 0.3 is 0 Å². The number of rotatable bonds is 4. The van der Waals surface area contributed by atoms with E-state index in [9.17, 15) is 0 Å². The SMILES string of the molecule is CNCc1cc(OC)ccc1-c1cccc2cccnc12. The third-order valence-electron chi connectivity index (χ3n) is 3.60. The molecule has 0 atom stereocenters. The lowest BCUT2D eigenvalue weighted by Gasteiger charge is -2.13. The third kappa shape index (κ3) is 2.60. The van der Waals surface area contributed by atoms with Crippen molar-refractivity contribution in [2.24, 2.45) is 0 Å². The van der Waals surface area contributed by atoms with Crippen LogP contribution in [0.15, 0.2) is 54.7 Å². The molecule has 0 unspecified atom stereocenters. The van der Waals surface area contributed by atoms with Gasteiger partial charge < -0.3 is 10.1 Å². The maximum Gasteiger partial charge on any atom is 0.119 e. The molecule has 0 radical (unpaired) electrons. The molecule has 1 heterocycles. The zero-order chi connectivity index (χ0) is 14.7. The van der Waals surface area contributed by atoms with Gasteiger partial charge in [0.25, 0.3) is 0 Å². The maximum absolute atomic E-state index is 5.34. The van der Waals surface area contributed by atoms with Gasteiger partial charge in [-0.1, -0.05) is 30.3 Å². The van der Waals surface area contributed by atoms with Crippen LogP contribution in [0.4, 0.5) is 0 Å². The largest absolute Gasteiger partial charge is 0.497 e. The van der Waals surface area contributed by atoms with Gasteiger partial charge in [0.05, 0.1) is 12.6 Å². The number of benzene rings is 2. The second-order valence-corrected chi connectivity index (χ2v) is 4.93. The Morgan fingerprint density at radius 2 is 1.90 bits per heavy atom. The van der Waals surface area contributed by atoms with Gasteiger partial charge in [-0.15, -0.1) is 0 Å². The highest BCUT2D eigenvalue weighted by Gasteiger charge is 2.10. The summed E-state index contributed by atoms with van der Waals surface area (Å²) in [6.45, 7) is 0.787. The van der Waals surface area contributed by atoms with E-state index in [1.807, 2.05) is 25.4 Å². The van der Waals surface area contributed by atoms with Crippen LogP contribution in [-0.4, -0.2) is 19.1 Å². The van der Waals surface area contributed by atoms with Crippen molar-refractivity contribution in [3.05, 3.63) is 60.3 Å². The molecular weight excluding hydrogens is 260 g/mol. The molecule has 0 aliphatic heterocycles. The van der Waals surface area contributed by atoms with Gasteiger partial charge in [-0.3, -0.25) is 4.98 Å². The summed E-state index contributed by atoms with van der Waals surface area (Å²) in [5.41, 5.74) is 4.58. The highest BCUT2D eigenvalue weighted by atomic mass is 16.5. The second kappa shape index (κ2) is 5.94. The molecule has 0 saturated carbocycles. The van der Waals surface area contributed by atoms with E-state index >= 15 is 0 Å². The molecule has 3 nitrogen and oxygen atoms in total. The van der Waals surface area contributed by atoms with E-state index in [1.54, 1.807) is 7.11 Å². The van der Waals surface area contributed by atoms with Gasteiger partial charge in [0.1, 0.15) is 5.75 Å². The maximum atomic E-state index is 5.34. The molecule has 0 aliphatic carbocycles. The Morgan fingerprint density at radius 3 is 2.71 bits per heavy atom. The quantitative estimate of drug-likeness (QED) is 0.791. The standard InChI is InChI=1S/C18H18N2O/c1-19-12-14-11-15(21-2)8-9-16(14)17-7-3-5-13-6-4-10-20-18(13)17/h3-11,19H,12H2,1-2H3. The van der Waals surface area contributed by atoms with Crippen LogP contribution in [0.2, 0.25) is 0 Å². The van der Waals surface area contributed by atoms with E-state index in [-0.39, 0.29) is 0 Å². The lowest BCUT2D eigenvalue weighted by molar-refractivity contribution is 0.414. The number of nitrogens with zero attached hydrogens (tertiary/aromatic N) is 1. The number of methoxy groups -OCH3 is 1. The summed E-state index contributed by atoms with van der Waals surface area (Å²) in [7, 11) is 3.64. The molecule has 0 saturated heterocycles. The van der Waals surface area contributed by atoms with E-state index in [0.29, 0.717) is 0 Å². The Balaban J connectivity index is 2.22. The van der Waals surface area contributed by atoms with Crippen molar-refractivity contribution >= 4 is 10.9 Å². The van der Waals surface area contributed by atoms with Gasteiger partial charge in [0.2, 0.25) is 0 Å². The molecule has 1 aromatic heterocycles. The molecule has 3 aromatic rings. The Labute approximate surface area is 124 Å². The summed E-state index contributed by atoms with van der Waals surface area (Å²) in [5.74, 6) is 0.872. The fourth-order valence-corrected chi connectivity index (χ4v) is 2.62. The summed E-state index contributed by atoms with van der Waals surface area (Å²) in [6, 6.07) is 16.5. The third-order valence-corrected chi connectivity index (χ3v) is 3.60. The van der Waals surface area contributed by atoms with E-state index in [1.165, 1.54) is 11.1 Å². The van der Waals surface area contributed by atoms with Crippen LogP contribution in [0.3, 0.4) is 0 Å². The first-order valence-electron chi connectivity index (χ1n) is 6.99. The molecule has 1 N–H and O–H groups in total. The fourth-order valence-electron chi connectivity index (χ4n) is 2.62. The number of ether oxygens (including phenoxy) is 1. The number of nitrogens with one attached hydrogen (secondary N) is 1. The van der Waals surface area contributed by atoms with Gasteiger partial charge in [0.15, 0.2) is 0 Å². The predicted molar refractivity (Wildman–Crippen MR) is 86.5 cm³/mol. The van der Waals surface area contributed by atoms with Gasteiger partial charge in [-0.2, -0.15) is 0 Å². The predicted octanol–water partition coefficient (Wildman–Crippen LogP) is 3.63. The van der Waals surface area contributed by atoms with Crippen LogP contribution in [0.5, 0.6) is 5.75 Å². The zero-order valence-corrected chi connectivity index (χ0v) is 12.3. The molecule has 21 heavy (non-hydrogen) atoms. The molecule has 0 fully saturated rings. The van der Waals surface area contributed by atoms with Crippen LogP contribution in [0.1, 0.15) is 5.56 Å². The molecule has 0 amide bonds. The average Bonchev–Trinajstić information content (AvgIpc) is 2.55. The van der Waals surface area contributed by atoms with Crippen molar-refractivity contribution < 1.29 is 4.74 Å². The molecule has 3 rings (SSSR count). The van der Waals surface area contributed by atoms with Crippen molar-refractivity contribution in [1.29, 1.82) is 0 Å². The fraction of sp³-hybridized carbons (Fsp3) is 0.167. The highest BCUT2D eigenvalue weighted by molar-refractivity contribution is 5.94. The average molecular weight is 278 g/mol. The minimum atomic E-state index is 0.787. The van der Waals surface area contributed by atoms with Crippen molar-refractivity contribution in [2.75, 3.05) is 14.2 Å². The molecule has 3 heteroatoms. The topological polar surface area (TPSA) is 34.1 Å². The van der Waals surface area contributed by atoms with Crippen LogP contribution in [-0.2, 0) is 6.54 Å². The normalized spacial score (nSPS) is 10.8. The van der Waals surface area contributed by atoms with Crippen molar-refractivity contribution in [3.63, 3.8) is 0 Å². The van der Waals surface area contributed by atoms with Crippen molar-refractivity contribution in [3.8, 4) is 16.9 Å². The summed E-state index contributed by atoms with van der Waals surface area (Å²) >= 11 is 0. The first-order chi connectivity index (χ1) is 10.3. The van der Waals surface area contributed by atoms with Crippen molar-refractivity contribution in [1.82, 2.24) is 10.3 Å². The molecule has 0 bridgehead atoms. The highest BCUT2D eigenvalue weighted by Crippen LogP contribution is 2.31. The van der Waals surface area contributed by atoms with E-state index < -0.39 is 0 Å². The molecule has 0 spiro atoms. The van der Waals surface area contributed by atoms with E-state index in [0.717, 1.165) is 28.8 Å². The number of hydrogen-bond donors (Lipinski definition) is 1. The Kier molecular flexibility index (Phi) is 3.84. The number of pyridine rings is 1. The molecule has 2 aromatic carbocycles. The number of aromatic nitrogens is 1. The summed E-state index contributed by atoms with van der Waals surface area (Å²) < 4.78 is 5.34. The molecule has 0 aliphatic rings. The van der Waals surface area contributed by atoms with Crippen molar-refractivity contribution in [2.45, 2.75) is 6.54 Å². The lowest BCUT2D eigenvalue weighted by Crippen LogP contribution is -2.06. The van der Waals surface area contributed by atoms with Crippen LogP contribution in [0.25, 0.3) is 22.0 Å². The molecular formula is C18H18N2O. The second-order valence-electron chi connectivity index (χ2n) is 4.93. The van der Waals surface area contributed by atoms with Crippen LogP contribution in [0, 0.1) is 0 Å². The summed E-state index contributed by atoms with van der Waals surface area (Å²) in [6.07, 6.45) is 1.84. The first-order valence-corrected chi connectivity index (χ1v) is 6.99. The van der Waals surface area contributed by atoms with Crippen LogP contribution < -0.4 is 10.1 Å². The number of hydrogen-bond acceptors (Lipinski definition) is 3. The zero-order valence-electron chi connectivity index (χ0n) is 12.3. The monoisotopic (exact) mass is 278 g/mol. The Bertz CT molecular complexity index is 763. The lowest BCUT2D eigenvalue weighted by atomic mass is 9.97. The first kappa shape index (κ1) is 13.6. The number of fused-ring (bicyclic) bond motifs is 1. The Hall–Kier alpha value is -2.39. The molecule has 106 valence electrons. The van der Waals surface area contributed by atoms with Gasteiger partial charge in [-0.05, 0) is 36.4 Å². The van der Waals surface area contributed by atoms with Crippen LogP contribution >= 0.6 is 0 Å².